The van der Waals surface area contributed by atoms with Crippen LogP contribution in [0.25, 0.3) is 0 Å². The molecule has 0 saturated carbocycles. The van der Waals surface area contributed by atoms with Crippen molar-refractivity contribution in [1.29, 1.82) is 0 Å². The molecule has 1 aromatic carbocycles. The number of carbonyl (C=O) groups is 2. The minimum atomic E-state index is -1.23. The first-order valence-electron chi connectivity index (χ1n) is 4.21. The molecule has 1 rings (SSSR count). The number of amides is 1. The van der Waals surface area contributed by atoms with Gasteiger partial charge in [0.2, 0.25) is 0 Å². The van der Waals surface area contributed by atoms with Crippen LogP contribution in [-0.4, -0.2) is 23.6 Å². The number of hydroxylamine groups is 1. The third kappa shape index (κ3) is 3.74. The number of aliphatic carboxylic acids is 1. The minimum absolute atomic E-state index is 0.0319. The molecule has 0 fully saturated rings. The van der Waals surface area contributed by atoms with Gasteiger partial charge in [-0.2, -0.15) is 0 Å². The normalized spacial score (nSPS) is 10.1. The lowest BCUT2D eigenvalue weighted by Gasteiger charge is -2.08. The van der Waals surface area contributed by atoms with Gasteiger partial charge in [0, 0.05) is 0 Å². The van der Waals surface area contributed by atoms with E-state index < -0.39 is 18.5 Å². The van der Waals surface area contributed by atoms with Crippen molar-refractivity contribution >= 4 is 46.7 Å². The quantitative estimate of drug-likeness (QED) is 0.661. The summed E-state index contributed by atoms with van der Waals surface area (Å²) in [5.41, 5.74) is 1.81. The Hall–Kier alpha value is -1.01. The first kappa shape index (κ1) is 14.1. The average molecular weight is 299 g/mol. The van der Waals surface area contributed by atoms with Crippen LogP contribution in [0.15, 0.2) is 12.1 Å². The van der Waals surface area contributed by atoms with Crippen molar-refractivity contribution < 1.29 is 19.5 Å². The topological polar surface area (TPSA) is 75.6 Å². The summed E-state index contributed by atoms with van der Waals surface area (Å²) in [4.78, 5) is 26.1. The van der Waals surface area contributed by atoms with Crippen molar-refractivity contribution in [3.05, 3.63) is 32.8 Å². The van der Waals surface area contributed by atoms with Crippen LogP contribution in [0, 0.1) is 0 Å². The number of nitrogens with one attached hydrogen (secondary N) is 1. The molecule has 0 saturated heterocycles. The summed E-state index contributed by atoms with van der Waals surface area (Å²) in [6.45, 7) is -0.679. The number of halogens is 3. The molecule has 17 heavy (non-hydrogen) atoms. The summed E-state index contributed by atoms with van der Waals surface area (Å²) in [5.74, 6) is -2.00. The van der Waals surface area contributed by atoms with E-state index >= 15 is 0 Å². The number of rotatable bonds is 4. The van der Waals surface area contributed by atoms with Gasteiger partial charge in [0.15, 0.2) is 6.61 Å². The van der Waals surface area contributed by atoms with Gasteiger partial charge in [-0.1, -0.05) is 34.8 Å². The lowest BCUT2D eigenvalue weighted by Crippen LogP contribution is -2.27. The van der Waals surface area contributed by atoms with E-state index in [-0.39, 0.29) is 20.6 Å². The molecule has 1 aromatic rings. The summed E-state index contributed by atoms with van der Waals surface area (Å²) in [5, 5.41) is 8.50. The summed E-state index contributed by atoms with van der Waals surface area (Å²) >= 11 is 17.3. The van der Waals surface area contributed by atoms with E-state index in [9.17, 15) is 9.59 Å². The molecule has 0 aliphatic heterocycles. The molecule has 0 aromatic heterocycles. The van der Waals surface area contributed by atoms with Gasteiger partial charge in [0.25, 0.3) is 5.91 Å². The van der Waals surface area contributed by atoms with E-state index in [1.807, 2.05) is 5.48 Å². The van der Waals surface area contributed by atoms with Gasteiger partial charge in [-0.05, 0) is 12.1 Å². The Morgan fingerprint density at radius 2 is 1.82 bits per heavy atom. The highest BCUT2D eigenvalue weighted by atomic mass is 35.5. The Bertz CT molecular complexity index is 464. The highest BCUT2D eigenvalue weighted by molar-refractivity contribution is 6.46. The molecule has 0 unspecified atom stereocenters. The van der Waals surface area contributed by atoms with Crippen LogP contribution in [0.3, 0.4) is 0 Å². The molecule has 8 heteroatoms. The van der Waals surface area contributed by atoms with Crippen LogP contribution in [0.4, 0.5) is 0 Å². The third-order valence-corrected chi connectivity index (χ3v) is 2.75. The monoisotopic (exact) mass is 297 g/mol. The highest BCUT2D eigenvalue weighted by Crippen LogP contribution is 2.31. The van der Waals surface area contributed by atoms with Crippen molar-refractivity contribution in [3.63, 3.8) is 0 Å². The number of carbonyl (C=O) groups excluding carboxylic acids is 1. The molecule has 0 radical (unpaired) electrons. The van der Waals surface area contributed by atoms with Crippen LogP contribution >= 0.6 is 34.8 Å². The van der Waals surface area contributed by atoms with Crippen molar-refractivity contribution in [3.8, 4) is 0 Å². The lowest BCUT2D eigenvalue weighted by atomic mass is 10.2. The fourth-order valence-electron chi connectivity index (χ4n) is 0.950. The molecule has 0 heterocycles. The van der Waals surface area contributed by atoms with Gasteiger partial charge in [-0.25, -0.2) is 10.3 Å². The molecule has 0 bridgehead atoms. The summed E-state index contributed by atoms with van der Waals surface area (Å²) in [6.07, 6.45) is 0. The number of benzene rings is 1. The molecular weight excluding hydrogens is 292 g/mol. The number of hydrogen-bond donors (Lipinski definition) is 2. The maximum Gasteiger partial charge on any atom is 0.332 e. The van der Waals surface area contributed by atoms with Gasteiger partial charge in [0.05, 0.1) is 20.6 Å². The number of hydrogen-bond acceptors (Lipinski definition) is 3. The Labute approximate surface area is 111 Å². The van der Waals surface area contributed by atoms with E-state index in [4.69, 9.17) is 39.9 Å². The molecule has 2 N–H and O–H groups in total. The van der Waals surface area contributed by atoms with E-state index in [0.717, 1.165) is 0 Å². The lowest BCUT2D eigenvalue weighted by molar-refractivity contribution is -0.144. The van der Waals surface area contributed by atoms with Gasteiger partial charge >= 0.3 is 5.97 Å². The zero-order valence-corrected chi connectivity index (χ0v) is 10.4. The molecule has 92 valence electrons. The van der Waals surface area contributed by atoms with Gasteiger partial charge < -0.3 is 5.11 Å². The highest BCUT2D eigenvalue weighted by Gasteiger charge is 2.17. The first-order chi connectivity index (χ1) is 7.93. The molecular formula is C9H6Cl3NO4. The maximum atomic E-state index is 11.6. The number of carboxylic acid groups (broad SMARTS) is 1. The molecule has 1 amide bonds. The first-order valence-corrected chi connectivity index (χ1v) is 5.34. The van der Waals surface area contributed by atoms with Crippen LogP contribution < -0.4 is 5.48 Å². The summed E-state index contributed by atoms with van der Waals surface area (Å²) in [7, 11) is 0. The molecule has 5 nitrogen and oxygen atoms in total. The minimum Gasteiger partial charge on any atom is -0.479 e. The van der Waals surface area contributed by atoms with E-state index in [1.165, 1.54) is 12.1 Å². The summed E-state index contributed by atoms with van der Waals surface area (Å²) in [6, 6.07) is 2.82. The zero-order chi connectivity index (χ0) is 13.0. The second kappa shape index (κ2) is 6.07. The molecule has 0 atom stereocenters. The molecule has 0 aliphatic rings. The van der Waals surface area contributed by atoms with E-state index in [0.29, 0.717) is 0 Å². The Kier molecular flexibility index (Phi) is 5.02. The second-order valence-electron chi connectivity index (χ2n) is 2.83. The predicted octanol–water partition coefficient (Wildman–Crippen LogP) is 2.39. The molecule has 0 aliphatic carbocycles. The average Bonchev–Trinajstić information content (AvgIpc) is 2.23. The van der Waals surface area contributed by atoms with Crippen LogP contribution in [-0.2, 0) is 9.63 Å². The van der Waals surface area contributed by atoms with Gasteiger partial charge in [0.1, 0.15) is 0 Å². The standard InChI is InChI=1S/C9H6Cl3NO4/c10-4-1-2-5(11)8(12)7(4)9(16)13-17-3-6(14)15/h1-2H,3H2,(H,13,16)(H,14,15). The van der Waals surface area contributed by atoms with Crippen molar-refractivity contribution in [1.82, 2.24) is 5.48 Å². The van der Waals surface area contributed by atoms with Crippen LogP contribution in [0.1, 0.15) is 10.4 Å². The third-order valence-electron chi connectivity index (χ3n) is 1.63. The fraction of sp³-hybridized carbons (Fsp3) is 0.111. The zero-order valence-electron chi connectivity index (χ0n) is 8.17. The van der Waals surface area contributed by atoms with E-state index in [2.05, 4.69) is 4.84 Å². The van der Waals surface area contributed by atoms with Crippen molar-refractivity contribution in [2.75, 3.05) is 6.61 Å². The van der Waals surface area contributed by atoms with Gasteiger partial charge in [-0.15, -0.1) is 0 Å². The fourth-order valence-corrected chi connectivity index (χ4v) is 1.65. The Morgan fingerprint density at radius 3 is 2.41 bits per heavy atom. The molecule has 0 spiro atoms. The largest absolute Gasteiger partial charge is 0.479 e. The Balaban J connectivity index is 2.82. The summed E-state index contributed by atoms with van der Waals surface area (Å²) < 4.78 is 0. The predicted molar refractivity (Wildman–Crippen MR) is 62.5 cm³/mol. The van der Waals surface area contributed by atoms with Crippen molar-refractivity contribution in [2.24, 2.45) is 0 Å². The van der Waals surface area contributed by atoms with Crippen LogP contribution in [0.5, 0.6) is 0 Å². The van der Waals surface area contributed by atoms with E-state index in [1.54, 1.807) is 0 Å². The SMILES string of the molecule is O=C(O)CONC(=O)c1c(Cl)ccc(Cl)c1Cl. The van der Waals surface area contributed by atoms with Crippen molar-refractivity contribution in [2.45, 2.75) is 0 Å². The second-order valence-corrected chi connectivity index (χ2v) is 4.02. The smallest absolute Gasteiger partial charge is 0.332 e. The maximum absolute atomic E-state index is 11.6. The number of carboxylic acids is 1. The van der Waals surface area contributed by atoms with Crippen LogP contribution in [0.2, 0.25) is 15.1 Å². The van der Waals surface area contributed by atoms with Gasteiger partial charge in [-0.3, -0.25) is 9.63 Å². The Morgan fingerprint density at radius 1 is 1.24 bits per heavy atom.